The molecule has 9 nitrogen and oxygen atoms in total. The maximum atomic E-state index is 12.8. The Kier molecular flexibility index (Phi) is 6.40. The van der Waals surface area contributed by atoms with Crippen LogP contribution >= 0.6 is 7.60 Å². The Hall–Kier alpha value is -1.67. The van der Waals surface area contributed by atoms with Crippen LogP contribution in [0, 0.1) is 6.92 Å². The summed E-state index contributed by atoms with van der Waals surface area (Å²) in [7, 11) is -3.61. The molecule has 1 aromatic heterocycles. The van der Waals surface area contributed by atoms with Crippen LogP contribution < -0.4 is 11.2 Å². The summed E-state index contributed by atoms with van der Waals surface area (Å²) in [6, 6.07) is 0. The number of nitrogens with zero attached hydrogens (tertiary/aromatic N) is 1. The van der Waals surface area contributed by atoms with Gasteiger partial charge in [0, 0.05) is 11.8 Å². The van der Waals surface area contributed by atoms with E-state index in [1.807, 2.05) is 0 Å². The van der Waals surface area contributed by atoms with Gasteiger partial charge in [0.1, 0.15) is 6.10 Å². The lowest BCUT2D eigenvalue weighted by molar-refractivity contribution is -0.0212. The molecule has 0 fully saturated rings. The van der Waals surface area contributed by atoms with Crippen LogP contribution in [-0.4, -0.2) is 40.1 Å². The topological polar surface area (TPSA) is 120 Å². The van der Waals surface area contributed by atoms with Crippen molar-refractivity contribution >= 4 is 7.60 Å². The monoisotopic (exact) mass is 374 g/mol. The first-order chi connectivity index (χ1) is 11.8. The maximum Gasteiger partial charge on any atom is 0.395 e. The molecule has 2 rings (SSSR count). The zero-order chi connectivity index (χ0) is 18.6. The predicted molar refractivity (Wildman–Crippen MR) is 90.5 cm³/mol. The molecular formula is C15H23N2O7P. The van der Waals surface area contributed by atoms with E-state index in [9.17, 15) is 19.3 Å². The normalized spacial score (nSPS) is 20.9. The smallest absolute Gasteiger partial charge is 0.395 e. The summed E-state index contributed by atoms with van der Waals surface area (Å²) >= 11 is 0. The van der Waals surface area contributed by atoms with Crippen LogP contribution in [0.2, 0.25) is 0 Å². The Bertz CT molecular complexity index is 788. The molecule has 2 heterocycles. The van der Waals surface area contributed by atoms with E-state index in [1.54, 1.807) is 20.8 Å². The molecule has 0 aromatic carbocycles. The summed E-state index contributed by atoms with van der Waals surface area (Å²) in [6.07, 6.45) is 1.31. The van der Waals surface area contributed by atoms with E-state index in [0.717, 1.165) is 0 Å². The van der Waals surface area contributed by atoms with Gasteiger partial charge in [0.2, 0.25) is 5.50 Å². The van der Waals surface area contributed by atoms with Gasteiger partial charge in [-0.05, 0) is 33.3 Å². The highest BCUT2D eigenvalue weighted by Gasteiger charge is 2.38. The van der Waals surface area contributed by atoms with Gasteiger partial charge in [0.05, 0.1) is 25.9 Å². The molecule has 140 valence electrons. The van der Waals surface area contributed by atoms with Crippen molar-refractivity contribution in [3.05, 3.63) is 44.2 Å². The zero-order valence-corrected chi connectivity index (χ0v) is 15.3. The number of aromatic amines is 1. The number of aromatic nitrogens is 2. The van der Waals surface area contributed by atoms with Crippen LogP contribution in [0.3, 0.4) is 0 Å². The lowest BCUT2D eigenvalue weighted by Crippen LogP contribution is -2.40. The molecule has 10 heteroatoms. The number of hydrogen-bond donors (Lipinski definition) is 2. The molecule has 2 atom stereocenters. The van der Waals surface area contributed by atoms with E-state index in [1.165, 1.54) is 16.8 Å². The van der Waals surface area contributed by atoms with E-state index in [-0.39, 0.29) is 31.7 Å². The van der Waals surface area contributed by atoms with E-state index in [4.69, 9.17) is 13.8 Å². The van der Waals surface area contributed by atoms with Gasteiger partial charge in [-0.2, -0.15) is 0 Å². The third-order valence-electron chi connectivity index (χ3n) is 3.67. The first-order valence-electron chi connectivity index (χ1n) is 8.05. The van der Waals surface area contributed by atoms with E-state index >= 15 is 0 Å². The van der Waals surface area contributed by atoms with Gasteiger partial charge >= 0.3 is 13.3 Å². The fourth-order valence-corrected chi connectivity index (χ4v) is 4.05. The Morgan fingerprint density at radius 1 is 1.36 bits per heavy atom. The molecule has 1 aliphatic rings. The summed E-state index contributed by atoms with van der Waals surface area (Å²) in [5.74, 6) is 0. The summed E-state index contributed by atoms with van der Waals surface area (Å²) in [6.45, 7) is 5.26. The van der Waals surface area contributed by atoms with Crippen LogP contribution in [0.25, 0.3) is 0 Å². The Labute approximate surface area is 144 Å². The predicted octanol–water partition coefficient (Wildman–Crippen LogP) is 1.10. The minimum Gasteiger partial charge on any atom is -0.478 e. The average molecular weight is 374 g/mol. The third-order valence-corrected chi connectivity index (χ3v) is 5.69. The molecule has 0 saturated heterocycles. The maximum absolute atomic E-state index is 12.8. The van der Waals surface area contributed by atoms with Crippen LogP contribution in [-0.2, 0) is 24.9 Å². The molecular weight excluding hydrogens is 351 g/mol. The molecule has 0 radical (unpaired) electrons. The molecule has 0 saturated carbocycles. The van der Waals surface area contributed by atoms with Gasteiger partial charge in [0.25, 0.3) is 5.56 Å². The van der Waals surface area contributed by atoms with Gasteiger partial charge < -0.3 is 18.9 Å². The van der Waals surface area contributed by atoms with E-state index in [2.05, 4.69) is 4.98 Å². The van der Waals surface area contributed by atoms with Crippen molar-refractivity contribution in [1.82, 2.24) is 9.55 Å². The van der Waals surface area contributed by atoms with Crippen molar-refractivity contribution in [1.29, 1.82) is 0 Å². The van der Waals surface area contributed by atoms with Crippen molar-refractivity contribution in [3.63, 3.8) is 0 Å². The van der Waals surface area contributed by atoms with Crippen LogP contribution in [0.5, 0.6) is 0 Å². The largest absolute Gasteiger partial charge is 0.478 e. The highest BCUT2D eigenvalue weighted by molar-refractivity contribution is 7.58. The number of hydrogen-bond acceptors (Lipinski definition) is 7. The fourth-order valence-electron chi connectivity index (χ4n) is 2.44. The average Bonchev–Trinajstić information content (AvgIpc) is 2.55. The van der Waals surface area contributed by atoms with Crippen molar-refractivity contribution < 1.29 is 23.5 Å². The molecule has 2 N–H and O–H groups in total. The number of aryl methyl sites for hydroxylation is 1. The molecule has 25 heavy (non-hydrogen) atoms. The summed E-state index contributed by atoms with van der Waals surface area (Å²) in [4.78, 5) is 25.5. The van der Waals surface area contributed by atoms with Crippen molar-refractivity contribution in [2.75, 3.05) is 13.2 Å². The zero-order valence-electron chi connectivity index (χ0n) is 14.4. The molecule has 1 aromatic rings. The second-order valence-corrected chi connectivity index (χ2v) is 7.51. The Balaban J connectivity index is 2.25. The SMILES string of the molecule is CCOP(=O)(OCC)C1=CC[C@H](O)[C@@H](Cn2cc(C)c(=O)[nH]c2=O)O1. The Morgan fingerprint density at radius 2 is 2.00 bits per heavy atom. The Morgan fingerprint density at radius 3 is 2.60 bits per heavy atom. The number of aliphatic hydroxyl groups is 1. The highest BCUT2D eigenvalue weighted by Crippen LogP contribution is 2.57. The summed E-state index contributed by atoms with van der Waals surface area (Å²) in [5, 5.41) is 10.2. The molecule has 0 bridgehead atoms. The van der Waals surface area contributed by atoms with Crippen LogP contribution in [0.1, 0.15) is 25.8 Å². The number of nitrogens with one attached hydrogen (secondary N) is 1. The highest BCUT2D eigenvalue weighted by atomic mass is 31.2. The van der Waals surface area contributed by atoms with E-state index < -0.39 is 31.1 Å². The molecule has 1 aliphatic heterocycles. The number of rotatable bonds is 7. The van der Waals surface area contributed by atoms with Crippen LogP contribution in [0.15, 0.2) is 27.4 Å². The first kappa shape index (κ1) is 19.7. The third kappa shape index (κ3) is 4.49. The number of ether oxygens (including phenoxy) is 1. The quantitative estimate of drug-likeness (QED) is 0.686. The number of H-pyrrole nitrogens is 1. The van der Waals surface area contributed by atoms with Gasteiger partial charge in [-0.1, -0.05) is 0 Å². The van der Waals surface area contributed by atoms with Crippen molar-refractivity contribution in [2.24, 2.45) is 0 Å². The van der Waals surface area contributed by atoms with Gasteiger partial charge in [-0.3, -0.25) is 18.9 Å². The van der Waals surface area contributed by atoms with E-state index in [0.29, 0.717) is 5.56 Å². The number of aliphatic hydroxyl groups excluding tert-OH is 1. The summed E-state index contributed by atoms with van der Waals surface area (Å²) in [5.41, 5.74) is -0.694. The second kappa shape index (κ2) is 8.14. The lowest BCUT2D eigenvalue weighted by Gasteiger charge is -2.31. The van der Waals surface area contributed by atoms with Crippen molar-refractivity contribution in [3.8, 4) is 0 Å². The molecule has 0 aliphatic carbocycles. The molecule has 0 spiro atoms. The van der Waals surface area contributed by atoms with Gasteiger partial charge in [-0.25, -0.2) is 4.79 Å². The standard InChI is InChI=1S/C15H23N2O7P/c1-4-22-25(21,23-5-2)13-7-6-11(18)12(24-13)9-17-8-10(3)14(19)16-15(17)20/h7-8,11-12,18H,4-6,9H2,1-3H3,(H,16,19,20)/t11-,12+/m0/s1. The fraction of sp³-hybridized carbons (Fsp3) is 0.600. The minimum atomic E-state index is -3.61. The van der Waals surface area contributed by atoms with Crippen molar-refractivity contribution in [2.45, 2.75) is 45.9 Å². The second-order valence-electron chi connectivity index (χ2n) is 5.56. The first-order valence-corrected chi connectivity index (χ1v) is 9.60. The summed E-state index contributed by atoms with van der Waals surface area (Å²) < 4.78 is 30.2. The van der Waals surface area contributed by atoms with Gasteiger partial charge in [-0.15, -0.1) is 0 Å². The van der Waals surface area contributed by atoms with Gasteiger partial charge in [0.15, 0.2) is 0 Å². The lowest BCUT2D eigenvalue weighted by atomic mass is 10.1. The minimum absolute atomic E-state index is 0.0206. The molecule has 0 amide bonds. The molecule has 0 unspecified atom stereocenters. The van der Waals surface area contributed by atoms with Crippen LogP contribution in [0.4, 0.5) is 0 Å².